The van der Waals surface area contributed by atoms with Crippen LogP contribution in [0.25, 0.3) is 0 Å². The Bertz CT molecular complexity index is 656. The molecule has 0 aliphatic carbocycles. The number of carbonyl (C=O) groups is 1. The first-order valence-electron chi connectivity index (χ1n) is 7.00. The van der Waals surface area contributed by atoms with Crippen LogP contribution in [0, 0.1) is 0 Å². The Morgan fingerprint density at radius 2 is 1.91 bits per heavy atom. The van der Waals surface area contributed by atoms with Crippen molar-refractivity contribution < 1.29 is 19.4 Å². The highest BCUT2D eigenvalue weighted by molar-refractivity contribution is 5.79. The average molecular weight is 299 g/mol. The number of hydrogen-bond acceptors (Lipinski definition) is 4. The number of carboxylic acids is 1. The molecule has 1 aliphatic heterocycles. The summed E-state index contributed by atoms with van der Waals surface area (Å²) < 4.78 is 10.8. The van der Waals surface area contributed by atoms with Gasteiger partial charge in [0.25, 0.3) is 0 Å². The molecule has 1 aliphatic rings. The van der Waals surface area contributed by atoms with Crippen molar-refractivity contribution in [2.45, 2.75) is 11.8 Å². The van der Waals surface area contributed by atoms with Gasteiger partial charge >= 0.3 is 5.97 Å². The van der Waals surface area contributed by atoms with E-state index in [1.165, 1.54) is 0 Å². The van der Waals surface area contributed by atoms with Gasteiger partial charge in [0, 0.05) is 5.56 Å². The predicted molar refractivity (Wildman–Crippen MR) is 80.6 cm³/mol. The van der Waals surface area contributed by atoms with E-state index in [1.54, 1.807) is 31.4 Å². The molecule has 0 saturated carbocycles. The molecular formula is C17H17NO4. The van der Waals surface area contributed by atoms with Crippen molar-refractivity contribution in [3.05, 3.63) is 65.7 Å². The zero-order valence-electron chi connectivity index (χ0n) is 12.2. The van der Waals surface area contributed by atoms with Crippen LogP contribution in [0.3, 0.4) is 0 Å². The highest BCUT2D eigenvalue weighted by Gasteiger charge is 2.48. The standard InChI is InChI=1S/C17H17NO4/c1-21-14-9-7-13(8-10-14)17(16(19)20)18-15(11-22-17)12-5-3-2-4-6-12/h2-10,15,18H,11H2,1H3,(H,19,20). The third-order valence-corrected chi connectivity index (χ3v) is 3.84. The SMILES string of the molecule is COc1ccc(C2(C(=O)O)NC(c3ccccc3)CO2)cc1. The van der Waals surface area contributed by atoms with Gasteiger partial charge < -0.3 is 14.6 Å². The molecule has 5 nitrogen and oxygen atoms in total. The molecule has 1 heterocycles. The van der Waals surface area contributed by atoms with Gasteiger partial charge in [-0.2, -0.15) is 0 Å². The monoisotopic (exact) mass is 299 g/mol. The summed E-state index contributed by atoms with van der Waals surface area (Å²) in [6, 6.07) is 16.4. The van der Waals surface area contributed by atoms with E-state index in [-0.39, 0.29) is 6.04 Å². The fourth-order valence-electron chi connectivity index (χ4n) is 2.64. The van der Waals surface area contributed by atoms with E-state index in [0.29, 0.717) is 17.9 Å². The smallest absolute Gasteiger partial charge is 0.356 e. The summed E-state index contributed by atoms with van der Waals surface area (Å²) in [5.74, 6) is -0.391. The summed E-state index contributed by atoms with van der Waals surface area (Å²) in [7, 11) is 1.57. The molecule has 0 aromatic heterocycles. The second kappa shape index (κ2) is 5.79. The van der Waals surface area contributed by atoms with Crippen LogP contribution in [0.1, 0.15) is 17.2 Å². The Labute approximate surface area is 128 Å². The molecule has 2 aromatic rings. The van der Waals surface area contributed by atoms with E-state index >= 15 is 0 Å². The molecule has 5 heteroatoms. The molecular weight excluding hydrogens is 282 g/mol. The van der Waals surface area contributed by atoms with Crippen LogP contribution < -0.4 is 10.1 Å². The molecule has 0 bridgehead atoms. The minimum atomic E-state index is -1.53. The molecule has 0 amide bonds. The predicted octanol–water partition coefficient (Wildman–Crippen LogP) is 2.29. The van der Waals surface area contributed by atoms with Crippen molar-refractivity contribution in [3.8, 4) is 5.75 Å². The lowest BCUT2D eigenvalue weighted by Gasteiger charge is -2.25. The topological polar surface area (TPSA) is 67.8 Å². The minimum Gasteiger partial charge on any atom is -0.497 e. The number of nitrogens with one attached hydrogen (secondary N) is 1. The summed E-state index contributed by atoms with van der Waals surface area (Å²) in [6.45, 7) is 0.294. The zero-order valence-corrected chi connectivity index (χ0v) is 12.2. The number of ether oxygens (including phenoxy) is 2. The van der Waals surface area contributed by atoms with E-state index < -0.39 is 11.7 Å². The number of rotatable bonds is 4. The van der Waals surface area contributed by atoms with Crippen LogP contribution in [0.2, 0.25) is 0 Å². The van der Waals surface area contributed by atoms with E-state index in [0.717, 1.165) is 5.56 Å². The van der Waals surface area contributed by atoms with Crippen LogP contribution in [0.4, 0.5) is 0 Å². The third kappa shape index (κ3) is 2.45. The highest BCUT2D eigenvalue weighted by atomic mass is 16.6. The number of carboxylic acid groups (broad SMARTS) is 1. The van der Waals surface area contributed by atoms with Crippen molar-refractivity contribution in [1.82, 2.24) is 5.32 Å². The van der Waals surface area contributed by atoms with Gasteiger partial charge in [-0.1, -0.05) is 42.5 Å². The molecule has 1 saturated heterocycles. The first-order chi connectivity index (χ1) is 10.7. The maximum Gasteiger partial charge on any atom is 0.356 e. The Morgan fingerprint density at radius 1 is 1.23 bits per heavy atom. The fraction of sp³-hybridized carbons (Fsp3) is 0.235. The highest BCUT2D eigenvalue weighted by Crippen LogP contribution is 2.35. The Kier molecular flexibility index (Phi) is 3.83. The van der Waals surface area contributed by atoms with Crippen LogP contribution in [0.5, 0.6) is 5.75 Å². The molecule has 2 N–H and O–H groups in total. The summed E-state index contributed by atoms with van der Waals surface area (Å²) in [5.41, 5.74) is 0.00521. The summed E-state index contributed by atoms with van der Waals surface area (Å²) >= 11 is 0. The lowest BCUT2D eigenvalue weighted by Crippen LogP contribution is -2.46. The number of hydrogen-bond donors (Lipinski definition) is 2. The molecule has 114 valence electrons. The molecule has 2 atom stereocenters. The zero-order chi connectivity index (χ0) is 15.6. The lowest BCUT2D eigenvalue weighted by atomic mass is 10.0. The summed E-state index contributed by atoms with van der Waals surface area (Å²) in [4.78, 5) is 11.8. The van der Waals surface area contributed by atoms with Crippen molar-refractivity contribution in [1.29, 1.82) is 0 Å². The summed E-state index contributed by atoms with van der Waals surface area (Å²) in [5, 5.41) is 12.8. The van der Waals surface area contributed by atoms with Gasteiger partial charge in [0.05, 0.1) is 19.8 Å². The van der Waals surface area contributed by atoms with E-state index in [2.05, 4.69) is 5.32 Å². The Hall–Kier alpha value is -2.37. The third-order valence-electron chi connectivity index (χ3n) is 3.84. The average Bonchev–Trinajstić information content (AvgIpc) is 3.02. The van der Waals surface area contributed by atoms with Crippen molar-refractivity contribution in [2.75, 3.05) is 13.7 Å². The van der Waals surface area contributed by atoms with Gasteiger partial charge in [-0.15, -0.1) is 0 Å². The number of benzene rings is 2. The van der Waals surface area contributed by atoms with Gasteiger partial charge in [-0.05, 0) is 17.7 Å². The van der Waals surface area contributed by atoms with Crippen LogP contribution in [-0.4, -0.2) is 24.8 Å². The minimum absolute atomic E-state index is 0.167. The maximum absolute atomic E-state index is 11.8. The van der Waals surface area contributed by atoms with Crippen LogP contribution in [-0.2, 0) is 15.3 Å². The fourth-order valence-corrected chi connectivity index (χ4v) is 2.64. The van der Waals surface area contributed by atoms with E-state index in [1.807, 2.05) is 30.3 Å². The molecule has 3 rings (SSSR count). The number of aliphatic carboxylic acids is 1. The van der Waals surface area contributed by atoms with Gasteiger partial charge in [0.15, 0.2) is 0 Å². The van der Waals surface area contributed by atoms with Crippen molar-refractivity contribution >= 4 is 5.97 Å². The van der Waals surface area contributed by atoms with Gasteiger partial charge in [0.2, 0.25) is 5.72 Å². The summed E-state index contributed by atoms with van der Waals surface area (Å²) in [6.07, 6.45) is 0. The van der Waals surface area contributed by atoms with Crippen LogP contribution in [0.15, 0.2) is 54.6 Å². The van der Waals surface area contributed by atoms with E-state index in [4.69, 9.17) is 9.47 Å². The maximum atomic E-state index is 11.8. The van der Waals surface area contributed by atoms with Gasteiger partial charge in [-0.25, -0.2) is 4.79 Å². The first-order valence-corrected chi connectivity index (χ1v) is 7.00. The Balaban J connectivity index is 1.92. The van der Waals surface area contributed by atoms with Crippen molar-refractivity contribution in [3.63, 3.8) is 0 Å². The largest absolute Gasteiger partial charge is 0.497 e. The molecule has 0 radical (unpaired) electrons. The van der Waals surface area contributed by atoms with Crippen molar-refractivity contribution in [2.24, 2.45) is 0 Å². The molecule has 2 unspecified atom stereocenters. The quantitative estimate of drug-likeness (QED) is 0.906. The van der Waals surface area contributed by atoms with E-state index in [9.17, 15) is 9.90 Å². The van der Waals surface area contributed by atoms with Gasteiger partial charge in [-0.3, -0.25) is 5.32 Å². The second-order valence-electron chi connectivity index (χ2n) is 5.13. The first kappa shape index (κ1) is 14.6. The molecule has 22 heavy (non-hydrogen) atoms. The second-order valence-corrected chi connectivity index (χ2v) is 5.13. The number of methoxy groups -OCH3 is 1. The van der Waals surface area contributed by atoms with Crippen LogP contribution >= 0.6 is 0 Å². The van der Waals surface area contributed by atoms with Gasteiger partial charge in [0.1, 0.15) is 5.75 Å². The normalized spacial score (nSPS) is 24.1. The molecule has 1 fully saturated rings. The molecule has 2 aromatic carbocycles. The Morgan fingerprint density at radius 3 is 2.50 bits per heavy atom. The molecule has 0 spiro atoms. The lowest BCUT2D eigenvalue weighted by molar-refractivity contribution is -0.164.